The summed E-state index contributed by atoms with van der Waals surface area (Å²) < 4.78 is 0. The summed E-state index contributed by atoms with van der Waals surface area (Å²) in [6.45, 7) is 7.38. The third kappa shape index (κ3) is 4.70. The van der Waals surface area contributed by atoms with E-state index in [2.05, 4.69) is 4.89 Å². The van der Waals surface area contributed by atoms with Crippen molar-refractivity contribution in [3.8, 4) is 0 Å². The summed E-state index contributed by atoms with van der Waals surface area (Å²) in [4.78, 5) is 4.13. The van der Waals surface area contributed by atoms with Gasteiger partial charge in [0.2, 0.25) is 0 Å². The van der Waals surface area contributed by atoms with Crippen molar-refractivity contribution in [1.29, 1.82) is 0 Å². The van der Waals surface area contributed by atoms with Gasteiger partial charge in [0, 0.05) is 0 Å². The molecule has 3 heteroatoms. The second-order valence-electron chi connectivity index (χ2n) is 4.05. The molecule has 0 aromatic rings. The Bertz CT molecular complexity index is 117. The number of rotatable bonds is 5. The summed E-state index contributed by atoms with van der Waals surface area (Å²) in [5.41, 5.74) is -0.644. The summed E-state index contributed by atoms with van der Waals surface area (Å²) in [5, 5.41) is 17.9. The minimum atomic E-state index is -0.644. The molecule has 0 aliphatic rings. The van der Waals surface area contributed by atoms with E-state index in [1.807, 2.05) is 6.92 Å². The smallest absolute Gasteiger partial charge is 0.0899 e. The van der Waals surface area contributed by atoms with E-state index in [-0.39, 0.29) is 12.0 Å². The largest absolute Gasteiger partial charge is 0.390 e. The molecule has 2 N–H and O–H groups in total. The first-order valence-electron chi connectivity index (χ1n) is 4.40. The maximum absolute atomic E-state index is 9.57. The third-order valence-electron chi connectivity index (χ3n) is 2.39. The van der Waals surface area contributed by atoms with Crippen LogP contribution in [0.5, 0.6) is 0 Å². The average Bonchev–Trinajstić information content (AvgIpc) is 1.97. The van der Waals surface area contributed by atoms with Gasteiger partial charge in [-0.25, -0.2) is 4.89 Å². The normalized spacial score (nSPS) is 17.5. The van der Waals surface area contributed by atoms with Gasteiger partial charge in [0.1, 0.15) is 0 Å². The van der Waals surface area contributed by atoms with Gasteiger partial charge in [-0.1, -0.05) is 6.92 Å². The number of hydrogen-bond acceptors (Lipinski definition) is 3. The molecule has 0 radical (unpaired) electrons. The summed E-state index contributed by atoms with van der Waals surface area (Å²) in [6, 6.07) is 0. The zero-order valence-corrected chi connectivity index (χ0v) is 8.37. The van der Waals surface area contributed by atoms with E-state index in [0.717, 1.165) is 12.8 Å². The Kier molecular flexibility index (Phi) is 4.75. The molecule has 0 heterocycles. The SMILES string of the molecule is CC(CCC(C)C(C)(C)O)OO. The molecule has 3 nitrogen and oxygen atoms in total. The van der Waals surface area contributed by atoms with E-state index in [4.69, 9.17) is 5.26 Å². The van der Waals surface area contributed by atoms with Crippen molar-refractivity contribution in [2.75, 3.05) is 0 Å². The van der Waals surface area contributed by atoms with Gasteiger partial charge in [0.15, 0.2) is 0 Å². The highest BCUT2D eigenvalue weighted by atomic mass is 17.1. The molecule has 0 saturated carbocycles. The van der Waals surface area contributed by atoms with Crippen molar-refractivity contribution in [3.05, 3.63) is 0 Å². The lowest BCUT2D eigenvalue weighted by atomic mass is 9.88. The molecule has 0 aliphatic carbocycles. The highest BCUT2D eigenvalue weighted by molar-refractivity contribution is 4.73. The van der Waals surface area contributed by atoms with E-state index in [1.54, 1.807) is 20.8 Å². The van der Waals surface area contributed by atoms with Crippen molar-refractivity contribution >= 4 is 0 Å². The predicted molar refractivity (Wildman–Crippen MR) is 47.9 cm³/mol. The lowest BCUT2D eigenvalue weighted by Gasteiger charge is -2.26. The van der Waals surface area contributed by atoms with Gasteiger partial charge in [-0.3, -0.25) is 5.26 Å². The van der Waals surface area contributed by atoms with Crippen molar-refractivity contribution in [2.45, 2.75) is 52.2 Å². The Labute approximate surface area is 74.3 Å². The van der Waals surface area contributed by atoms with Crippen molar-refractivity contribution in [2.24, 2.45) is 5.92 Å². The maximum Gasteiger partial charge on any atom is 0.0899 e. The summed E-state index contributed by atoms with van der Waals surface area (Å²) in [6.07, 6.45) is 1.47. The van der Waals surface area contributed by atoms with E-state index < -0.39 is 5.60 Å². The maximum atomic E-state index is 9.57. The standard InChI is InChI=1S/C9H20O3/c1-7(9(3,4)10)5-6-8(2)12-11/h7-8,10-11H,5-6H2,1-4H3. The molecule has 74 valence electrons. The third-order valence-corrected chi connectivity index (χ3v) is 2.39. The molecule has 0 fully saturated rings. The van der Waals surface area contributed by atoms with Crippen LogP contribution in [0.3, 0.4) is 0 Å². The zero-order chi connectivity index (χ0) is 9.78. The Morgan fingerprint density at radius 2 is 1.75 bits per heavy atom. The molecule has 0 amide bonds. The summed E-state index contributed by atoms with van der Waals surface area (Å²) >= 11 is 0. The molecule has 0 rings (SSSR count). The molecule has 12 heavy (non-hydrogen) atoms. The van der Waals surface area contributed by atoms with Gasteiger partial charge in [0.05, 0.1) is 11.7 Å². The quantitative estimate of drug-likeness (QED) is 0.498. The van der Waals surface area contributed by atoms with E-state index in [9.17, 15) is 5.11 Å². The highest BCUT2D eigenvalue weighted by Crippen LogP contribution is 2.21. The van der Waals surface area contributed by atoms with Crippen LogP contribution in [0.1, 0.15) is 40.5 Å². The molecule has 2 unspecified atom stereocenters. The zero-order valence-electron chi connectivity index (χ0n) is 8.37. The van der Waals surface area contributed by atoms with Crippen LogP contribution in [0, 0.1) is 5.92 Å². The van der Waals surface area contributed by atoms with Crippen molar-refractivity contribution < 1.29 is 15.3 Å². The van der Waals surface area contributed by atoms with Crippen LogP contribution in [-0.4, -0.2) is 22.1 Å². The van der Waals surface area contributed by atoms with E-state index in [1.165, 1.54) is 0 Å². The van der Waals surface area contributed by atoms with Gasteiger partial charge < -0.3 is 5.11 Å². The van der Waals surface area contributed by atoms with Crippen molar-refractivity contribution in [1.82, 2.24) is 0 Å². The first kappa shape index (κ1) is 11.9. The fourth-order valence-corrected chi connectivity index (χ4v) is 0.891. The Balaban J connectivity index is 3.64. The topological polar surface area (TPSA) is 49.7 Å². The molecule has 2 atom stereocenters. The van der Waals surface area contributed by atoms with Crippen LogP contribution >= 0.6 is 0 Å². The lowest BCUT2D eigenvalue weighted by Crippen LogP contribution is -2.29. The van der Waals surface area contributed by atoms with E-state index in [0.29, 0.717) is 0 Å². The number of hydrogen-bond donors (Lipinski definition) is 2. The molecule has 0 aliphatic heterocycles. The molecule has 0 aromatic carbocycles. The second-order valence-corrected chi connectivity index (χ2v) is 4.05. The van der Waals surface area contributed by atoms with Gasteiger partial charge in [-0.15, -0.1) is 0 Å². The molecular formula is C9H20O3. The van der Waals surface area contributed by atoms with Gasteiger partial charge in [-0.2, -0.15) is 0 Å². The van der Waals surface area contributed by atoms with Crippen LogP contribution in [0.15, 0.2) is 0 Å². The Morgan fingerprint density at radius 3 is 2.08 bits per heavy atom. The molecule has 0 spiro atoms. The summed E-state index contributed by atoms with van der Waals surface area (Å²) in [5.74, 6) is 0.218. The summed E-state index contributed by atoms with van der Waals surface area (Å²) in [7, 11) is 0. The highest BCUT2D eigenvalue weighted by Gasteiger charge is 2.22. The fourth-order valence-electron chi connectivity index (χ4n) is 0.891. The molecular weight excluding hydrogens is 156 g/mol. The fraction of sp³-hybridized carbons (Fsp3) is 1.00. The monoisotopic (exact) mass is 176 g/mol. The van der Waals surface area contributed by atoms with Crippen LogP contribution in [-0.2, 0) is 4.89 Å². The first-order chi connectivity index (χ1) is 5.38. The lowest BCUT2D eigenvalue weighted by molar-refractivity contribution is -0.275. The Morgan fingerprint density at radius 1 is 1.25 bits per heavy atom. The Hall–Kier alpha value is -0.120. The van der Waals surface area contributed by atoms with E-state index >= 15 is 0 Å². The van der Waals surface area contributed by atoms with Gasteiger partial charge in [-0.05, 0) is 39.5 Å². The molecule has 0 bridgehead atoms. The minimum absolute atomic E-state index is 0.144. The minimum Gasteiger partial charge on any atom is -0.390 e. The van der Waals surface area contributed by atoms with Crippen LogP contribution in [0.4, 0.5) is 0 Å². The molecule has 0 aromatic heterocycles. The second kappa shape index (κ2) is 4.80. The predicted octanol–water partition coefficient (Wildman–Crippen LogP) is 2.05. The van der Waals surface area contributed by atoms with Crippen LogP contribution < -0.4 is 0 Å². The van der Waals surface area contributed by atoms with Gasteiger partial charge >= 0.3 is 0 Å². The van der Waals surface area contributed by atoms with Gasteiger partial charge in [0.25, 0.3) is 0 Å². The average molecular weight is 176 g/mol. The first-order valence-corrected chi connectivity index (χ1v) is 4.40. The van der Waals surface area contributed by atoms with Crippen LogP contribution in [0.25, 0.3) is 0 Å². The van der Waals surface area contributed by atoms with Crippen molar-refractivity contribution in [3.63, 3.8) is 0 Å². The number of aliphatic hydroxyl groups is 1. The van der Waals surface area contributed by atoms with Crippen LogP contribution in [0.2, 0.25) is 0 Å². The molecule has 0 saturated heterocycles.